The number of allylic oxidation sites excluding steroid dienone is 3. The highest BCUT2D eigenvalue weighted by atomic mass is 32.1. The molecule has 0 bridgehead atoms. The van der Waals surface area contributed by atoms with E-state index in [0.717, 1.165) is 0 Å². The zero-order valence-electron chi connectivity index (χ0n) is 4.66. The molecule has 0 fully saturated rings. The molecular weight excluding hydrogens is 136 g/mol. The van der Waals surface area contributed by atoms with Gasteiger partial charge in [0.25, 0.3) is 0 Å². The third-order valence-corrected chi connectivity index (χ3v) is 1.44. The van der Waals surface area contributed by atoms with Gasteiger partial charge in [0.05, 0.1) is 4.86 Å². The predicted octanol–water partition coefficient (Wildman–Crippen LogP) is 1.64. The first-order chi connectivity index (χ1) is 4.20. The highest BCUT2D eigenvalue weighted by Crippen LogP contribution is 2.10. The van der Waals surface area contributed by atoms with E-state index in [1.165, 1.54) is 6.08 Å². The second kappa shape index (κ2) is 2.19. The summed E-state index contributed by atoms with van der Waals surface area (Å²) in [6.07, 6.45) is 3.26. The maximum Gasteiger partial charge on any atom is 0.133 e. The van der Waals surface area contributed by atoms with Gasteiger partial charge in [-0.3, -0.25) is 0 Å². The van der Waals surface area contributed by atoms with Crippen molar-refractivity contribution in [3.05, 3.63) is 23.7 Å². The Bertz CT molecular complexity index is 203. The summed E-state index contributed by atoms with van der Waals surface area (Å²) in [6.45, 7) is 0. The molecule has 0 saturated carbocycles. The van der Waals surface area contributed by atoms with Crippen LogP contribution < -0.4 is 0 Å². The highest BCUT2D eigenvalue weighted by Gasteiger charge is 2.06. The molecule has 3 heteroatoms. The van der Waals surface area contributed by atoms with Gasteiger partial charge in [-0.2, -0.15) is 0 Å². The van der Waals surface area contributed by atoms with Gasteiger partial charge in [-0.25, -0.2) is 0 Å². The predicted molar refractivity (Wildman–Crippen MR) is 38.6 cm³/mol. The van der Waals surface area contributed by atoms with Gasteiger partial charge in [0, 0.05) is 12.5 Å². The summed E-state index contributed by atoms with van der Waals surface area (Å²) in [4.78, 5) is 0.479. The zero-order chi connectivity index (χ0) is 6.85. The average molecular weight is 142 g/mol. The number of rotatable bonds is 0. The number of aliphatic hydroxyl groups excluding tert-OH is 2. The Hall–Kier alpha value is -0.830. The number of hydrogen-bond donors (Lipinski definition) is 2. The van der Waals surface area contributed by atoms with E-state index in [-0.39, 0.29) is 11.5 Å². The van der Waals surface area contributed by atoms with Crippen molar-refractivity contribution in [1.29, 1.82) is 0 Å². The first-order valence-electron chi connectivity index (χ1n) is 2.53. The van der Waals surface area contributed by atoms with Gasteiger partial charge in [-0.1, -0.05) is 12.2 Å². The SMILES string of the molecule is OC1=CCC(=S)C(O)=C1. The van der Waals surface area contributed by atoms with Crippen molar-refractivity contribution >= 4 is 17.1 Å². The molecule has 2 nitrogen and oxygen atoms in total. The fourth-order valence-electron chi connectivity index (χ4n) is 0.581. The monoisotopic (exact) mass is 142 g/mol. The summed E-state index contributed by atoms with van der Waals surface area (Å²) in [5.74, 6) is 0.0890. The van der Waals surface area contributed by atoms with Crippen molar-refractivity contribution in [2.24, 2.45) is 0 Å². The van der Waals surface area contributed by atoms with Crippen molar-refractivity contribution in [2.75, 3.05) is 0 Å². The van der Waals surface area contributed by atoms with Gasteiger partial charge in [-0.05, 0) is 6.08 Å². The molecule has 0 aromatic heterocycles. The molecular formula is C6H6O2S. The minimum atomic E-state index is 0.00463. The van der Waals surface area contributed by atoms with Crippen molar-refractivity contribution in [3.63, 3.8) is 0 Å². The summed E-state index contributed by atoms with van der Waals surface area (Å²) in [6, 6.07) is 0. The Kier molecular flexibility index (Phi) is 1.53. The Morgan fingerprint density at radius 3 is 2.56 bits per heavy atom. The van der Waals surface area contributed by atoms with Crippen LogP contribution >= 0.6 is 12.2 Å². The van der Waals surface area contributed by atoms with Crippen LogP contribution in [0.2, 0.25) is 0 Å². The second-order valence-corrected chi connectivity index (χ2v) is 2.28. The van der Waals surface area contributed by atoms with Gasteiger partial charge >= 0.3 is 0 Å². The lowest BCUT2D eigenvalue weighted by Crippen LogP contribution is -2.02. The minimum Gasteiger partial charge on any atom is -0.508 e. The van der Waals surface area contributed by atoms with E-state index in [1.54, 1.807) is 6.08 Å². The maximum absolute atomic E-state index is 8.87. The van der Waals surface area contributed by atoms with Gasteiger partial charge in [0.2, 0.25) is 0 Å². The quantitative estimate of drug-likeness (QED) is 0.505. The summed E-state index contributed by atoms with van der Waals surface area (Å²) in [5, 5.41) is 17.6. The van der Waals surface area contributed by atoms with E-state index in [1.807, 2.05) is 0 Å². The maximum atomic E-state index is 8.87. The Morgan fingerprint density at radius 2 is 2.11 bits per heavy atom. The number of hydrogen-bond acceptors (Lipinski definition) is 3. The second-order valence-electron chi connectivity index (χ2n) is 1.79. The summed E-state index contributed by atoms with van der Waals surface area (Å²) >= 11 is 4.71. The lowest BCUT2D eigenvalue weighted by Gasteiger charge is -2.04. The minimum absolute atomic E-state index is 0.00463. The van der Waals surface area contributed by atoms with Crippen LogP contribution in [0.4, 0.5) is 0 Å². The van der Waals surface area contributed by atoms with Gasteiger partial charge < -0.3 is 10.2 Å². The molecule has 0 aromatic carbocycles. The van der Waals surface area contributed by atoms with E-state index in [2.05, 4.69) is 0 Å². The molecule has 2 N–H and O–H groups in total. The third kappa shape index (κ3) is 1.29. The fraction of sp³-hybridized carbons (Fsp3) is 0.167. The first-order valence-corrected chi connectivity index (χ1v) is 2.94. The van der Waals surface area contributed by atoms with Gasteiger partial charge in [0.1, 0.15) is 11.5 Å². The lowest BCUT2D eigenvalue weighted by atomic mass is 10.1. The van der Waals surface area contributed by atoms with Gasteiger partial charge in [0.15, 0.2) is 0 Å². The zero-order valence-corrected chi connectivity index (χ0v) is 5.48. The van der Waals surface area contributed by atoms with Gasteiger partial charge in [-0.15, -0.1) is 0 Å². The molecule has 1 aliphatic rings. The molecule has 48 valence electrons. The highest BCUT2D eigenvalue weighted by molar-refractivity contribution is 7.80. The topological polar surface area (TPSA) is 40.5 Å². The molecule has 1 rings (SSSR count). The first kappa shape index (κ1) is 6.29. The van der Waals surface area contributed by atoms with E-state index in [9.17, 15) is 0 Å². The Morgan fingerprint density at radius 1 is 1.44 bits per heavy atom. The van der Waals surface area contributed by atoms with Crippen LogP contribution in [0.25, 0.3) is 0 Å². The molecule has 9 heavy (non-hydrogen) atoms. The molecule has 0 heterocycles. The van der Waals surface area contributed by atoms with Crippen LogP contribution in [-0.4, -0.2) is 15.1 Å². The van der Waals surface area contributed by atoms with Crippen molar-refractivity contribution in [2.45, 2.75) is 6.42 Å². The number of aliphatic hydroxyl groups is 2. The van der Waals surface area contributed by atoms with Crippen LogP contribution in [0.15, 0.2) is 23.7 Å². The summed E-state index contributed by atoms with van der Waals surface area (Å²) in [5.41, 5.74) is 0. The molecule has 0 spiro atoms. The van der Waals surface area contributed by atoms with Crippen molar-refractivity contribution in [3.8, 4) is 0 Å². The molecule has 0 saturated heterocycles. The molecule has 0 amide bonds. The largest absolute Gasteiger partial charge is 0.508 e. The van der Waals surface area contributed by atoms with E-state index in [4.69, 9.17) is 22.4 Å². The Balaban J connectivity index is 2.87. The average Bonchev–Trinajstić information content (AvgIpc) is 1.80. The molecule has 0 unspecified atom stereocenters. The Labute approximate surface area is 58.1 Å². The molecule has 0 aliphatic heterocycles. The molecule has 0 atom stereocenters. The van der Waals surface area contributed by atoms with Crippen molar-refractivity contribution < 1.29 is 10.2 Å². The van der Waals surface area contributed by atoms with Crippen LogP contribution in [0.5, 0.6) is 0 Å². The van der Waals surface area contributed by atoms with Crippen molar-refractivity contribution in [1.82, 2.24) is 0 Å². The van der Waals surface area contributed by atoms with E-state index in [0.29, 0.717) is 11.3 Å². The molecule has 0 radical (unpaired) electrons. The molecule has 0 aromatic rings. The van der Waals surface area contributed by atoms with Crippen LogP contribution in [0.1, 0.15) is 6.42 Å². The summed E-state index contributed by atoms with van der Waals surface area (Å²) in [7, 11) is 0. The van der Waals surface area contributed by atoms with Crippen LogP contribution in [0.3, 0.4) is 0 Å². The smallest absolute Gasteiger partial charge is 0.133 e. The standard InChI is InChI=1S/C6H6O2S/c7-4-1-2-6(9)5(8)3-4/h1,3,7-8H,2H2. The van der Waals surface area contributed by atoms with E-state index < -0.39 is 0 Å². The van der Waals surface area contributed by atoms with E-state index >= 15 is 0 Å². The molecule has 1 aliphatic carbocycles. The van der Waals surface area contributed by atoms with Crippen LogP contribution in [-0.2, 0) is 0 Å². The van der Waals surface area contributed by atoms with Crippen LogP contribution in [0, 0.1) is 0 Å². The third-order valence-electron chi connectivity index (χ3n) is 1.07. The summed E-state index contributed by atoms with van der Waals surface area (Å²) < 4.78 is 0. The lowest BCUT2D eigenvalue weighted by molar-refractivity contribution is 0.405. The fourth-order valence-corrected chi connectivity index (χ4v) is 0.724. The normalized spacial score (nSPS) is 18.9. The number of thiocarbonyl (C=S) groups is 1.